The van der Waals surface area contributed by atoms with Crippen LogP contribution in [-0.4, -0.2) is 41.6 Å². The molecule has 5 nitrogen and oxygen atoms in total. The topological polar surface area (TPSA) is 66.8 Å². The Bertz CT molecular complexity index is 529. The van der Waals surface area contributed by atoms with Gasteiger partial charge in [0.2, 0.25) is 5.91 Å². The van der Waals surface area contributed by atoms with Crippen LogP contribution in [-0.2, 0) is 9.59 Å². The summed E-state index contributed by atoms with van der Waals surface area (Å²) >= 11 is 0. The van der Waals surface area contributed by atoms with Crippen molar-refractivity contribution in [1.82, 2.24) is 4.90 Å². The van der Waals surface area contributed by atoms with Crippen LogP contribution in [0.4, 0.5) is 0 Å². The monoisotopic (exact) mass is 291 g/mol. The molecule has 0 spiro atoms. The largest absolute Gasteiger partial charge is 0.496 e. The number of carboxylic acid groups (broad SMARTS) is 1. The number of aliphatic carboxylic acids is 1. The minimum atomic E-state index is -0.911. The number of para-hydroxylation sites is 1. The number of likely N-dealkylation sites (tertiary alicyclic amines) is 1. The first-order valence-electron chi connectivity index (χ1n) is 7.19. The summed E-state index contributed by atoms with van der Waals surface area (Å²) in [7, 11) is 1.61. The van der Waals surface area contributed by atoms with E-state index < -0.39 is 12.0 Å². The van der Waals surface area contributed by atoms with Crippen LogP contribution >= 0.6 is 0 Å². The summed E-state index contributed by atoms with van der Waals surface area (Å²) in [5.74, 6) is -0.262. The zero-order valence-electron chi connectivity index (χ0n) is 12.4. The van der Waals surface area contributed by atoms with Gasteiger partial charge in [-0.15, -0.1) is 0 Å². The number of carbonyl (C=O) groups excluding carboxylic acids is 1. The molecule has 114 valence electrons. The van der Waals surface area contributed by atoms with Gasteiger partial charge in [-0.3, -0.25) is 4.79 Å². The van der Waals surface area contributed by atoms with Gasteiger partial charge in [0.1, 0.15) is 11.8 Å². The van der Waals surface area contributed by atoms with Gasteiger partial charge in [-0.1, -0.05) is 25.1 Å². The Morgan fingerprint density at radius 3 is 2.81 bits per heavy atom. The highest BCUT2D eigenvalue weighted by molar-refractivity contribution is 5.84. The Labute approximate surface area is 124 Å². The van der Waals surface area contributed by atoms with Crippen molar-refractivity contribution in [2.75, 3.05) is 13.7 Å². The molecule has 0 saturated carbocycles. The average Bonchev–Trinajstić information content (AvgIpc) is 2.96. The zero-order valence-corrected chi connectivity index (χ0v) is 12.4. The molecule has 1 aromatic rings. The molecule has 1 fully saturated rings. The number of amides is 1. The van der Waals surface area contributed by atoms with Gasteiger partial charge in [0.15, 0.2) is 0 Å². The van der Waals surface area contributed by atoms with Crippen LogP contribution in [0.25, 0.3) is 0 Å². The fraction of sp³-hybridized carbons (Fsp3) is 0.500. The van der Waals surface area contributed by atoms with Crippen LogP contribution in [0, 0.1) is 0 Å². The first kappa shape index (κ1) is 15.4. The Morgan fingerprint density at radius 1 is 1.43 bits per heavy atom. The fourth-order valence-electron chi connectivity index (χ4n) is 2.88. The first-order chi connectivity index (χ1) is 10.0. The lowest BCUT2D eigenvalue weighted by molar-refractivity contribution is -0.148. The number of ether oxygens (including phenoxy) is 1. The second-order valence-corrected chi connectivity index (χ2v) is 5.43. The maximum atomic E-state index is 12.4. The summed E-state index contributed by atoms with van der Waals surface area (Å²) in [5, 5.41) is 9.15. The van der Waals surface area contributed by atoms with Gasteiger partial charge in [-0.25, -0.2) is 4.79 Å². The predicted molar refractivity (Wildman–Crippen MR) is 78.4 cm³/mol. The Balaban J connectivity index is 2.07. The average molecular weight is 291 g/mol. The third-order valence-electron chi connectivity index (χ3n) is 4.01. The molecular formula is C16H21NO4. The van der Waals surface area contributed by atoms with E-state index in [0.717, 1.165) is 17.7 Å². The first-order valence-corrected chi connectivity index (χ1v) is 7.19. The number of methoxy groups -OCH3 is 1. The van der Waals surface area contributed by atoms with Crippen molar-refractivity contribution in [2.45, 2.75) is 38.1 Å². The number of benzene rings is 1. The highest BCUT2D eigenvalue weighted by atomic mass is 16.5. The predicted octanol–water partition coefficient (Wildman–Crippen LogP) is 2.26. The quantitative estimate of drug-likeness (QED) is 0.903. The second kappa shape index (κ2) is 6.61. The van der Waals surface area contributed by atoms with Crippen molar-refractivity contribution in [3.63, 3.8) is 0 Å². The number of carbonyl (C=O) groups is 2. The summed E-state index contributed by atoms with van der Waals surface area (Å²) < 4.78 is 5.31. The van der Waals surface area contributed by atoms with Gasteiger partial charge in [0, 0.05) is 13.0 Å². The maximum absolute atomic E-state index is 12.4. The maximum Gasteiger partial charge on any atom is 0.326 e. The van der Waals surface area contributed by atoms with Crippen LogP contribution in [0.2, 0.25) is 0 Å². The lowest BCUT2D eigenvalue weighted by atomic mass is 9.96. The van der Waals surface area contributed by atoms with E-state index in [1.807, 2.05) is 31.2 Å². The van der Waals surface area contributed by atoms with E-state index >= 15 is 0 Å². The van der Waals surface area contributed by atoms with E-state index in [0.29, 0.717) is 19.4 Å². The summed E-state index contributed by atoms with van der Waals surface area (Å²) in [4.78, 5) is 25.0. The van der Waals surface area contributed by atoms with Crippen molar-refractivity contribution in [1.29, 1.82) is 0 Å². The number of carboxylic acids is 1. The molecule has 0 aliphatic carbocycles. The second-order valence-electron chi connectivity index (χ2n) is 5.43. The molecule has 2 atom stereocenters. The molecule has 1 saturated heterocycles. The lowest BCUT2D eigenvalue weighted by Gasteiger charge is -2.23. The number of hydrogen-bond donors (Lipinski definition) is 1. The van der Waals surface area contributed by atoms with E-state index in [-0.39, 0.29) is 11.8 Å². The Hall–Kier alpha value is -2.04. The highest BCUT2D eigenvalue weighted by Crippen LogP contribution is 2.30. The molecule has 1 aromatic carbocycles. The minimum absolute atomic E-state index is 0.0105. The Kier molecular flexibility index (Phi) is 4.83. The van der Waals surface area contributed by atoms with Crippen molar-refractivity contribution in [2.24, 2.45) is 0 Å². The standard InChI is InChI=1S/C16H21NO4/c1-11(12-6-3-4-8-14(12)21-2)10-15(18)17-9-5-7-13(17)16(19)20/h3-4,6,8,11,13H,5,7,9-10H2,1-2H3,(H,19,20). The molecule has 1 amide bonds. The molecule has 2 unspecified atom stereocenters. The van der Waals surface area contributed by atoms with Crippen LogP contribution in [0.5, 0.6) is 5.75 Å². The number of rotatable bonds is 5. The van der Waals surface area contributed by atoms with Crippen LogP contribution in [0.15, 0.2) is 24.3 Å². The van der Waals surface area contributed by atoms with E-state index in [1.54, 1.807) is 7.11 Å². The molecule has 5 heteroatoms. The molecule has 21 heavy (non-hydrogen) atoms. The molecule has 2 rings (SSSR count). The summed E-state index contributed by atoms with van der Waals surface area (Å²) in [6.07, 6.45) is 1.60. The van der Waals surface area contributed by atoms with Crippen LogP contribution in [0.1, 0.15) is 37.7 Å². The molecule has 1 aliphatic rings. The molecule has 0 aromatic heterocycles. The third kappa shape index (κ3) is 3.35. The Morgan fingerprint density at radius 2 is 2.14 bits per heavy atom. The smallest absolute Gasteiger partial charge is 0.326 e. The van der Waals surface area contributed by atoms with Crippen molar-refractivity contribution in [3.8, 4) is 5.75 Å². The number of nitrogens with zero attached hydrogens (tertiary/aromatic N) is 1. The van der Waals surface area contributed by atoms with Gasteiger partial charge >= 0.3 is 5.97 Å². The summed E-state index contributed by atoms with van der Waals surface area (Å²) in [6, 6.07) is 6.94. The van der Waals surface area contributed by atoms with E-state index in [4.69, 9.17) is 9.84 Å². The van der Waals surface area contributed by atoms with Crippen molar-refractivity contribution in [3.05, 3.63) is 29.8 Å². The molecular weight excluding hydrogens is 270 g/mol. The molecule has 1 N–H and O–H groups in total. The van der Waals surface area contributed by atoms with Gasteiger partial charge in [-0.05, 0) is 30.4 Å². The molecule has 1 heterocycles. The van der Waals surface area contributed by atoms with Crippen LogP contribution in [0.3, 0.4) is 0 Å². The summed E-state index contributed by atoms with van der Waals surface area (Å²) in [5.41, 5.74) is 0.972. The van der Waals surface area contributed by atoms with Crippen molar-refractivity contribution < 1.29 is 19.4 Å². The highest BCUT2D eigenvalue weighted by Gasteiger charge is 2.34. The SMILES string of the molecule is COc1ccccc1C(C)CC(=O)N1CCCC1C(=O)O. The van der Waals surface area contributed by atoms with E-state index in [1.165, 1.54) is 4.90 Å². The van der Waals surface area contributed by atoms with E-state index in [9.17, 15) is 9.59 Å². The molecule has 1 aliphatic heterocycles. The fourth-order valence-corrected chi connectivity index (χ4v) is 2.88. The van der Waals surface area contributed by atoms with E-state index in [2.05, 4.69) is 0 Å². The number of hydrogen-bond acceptors (Lipinski definition) is 3. The van der Waals surface area contributed by atoms with Crippen molar-refractivity contribution >= 4 is 11.9 Å². The van der Waals surface area contributed by atoms with Gasteiger partial charge in [0.25, 0.3) is 0 Å². The van der Waals surface area contributed by atoms with Crippen LogP contribution < -0.4 is 4.74 Å². The van der Waals surface area contributed by atoms with Gasteiger partial charge in [-0.2, -0.15) is 0 Å². The zero-order chi connectivity index (χ0) is 15.4. The minimum Gasteiger partial charge on any atom is -0.496 e. The molecule has 0 bridgehead atoms. The van der Waals surface area contributed by atoms with Gasteiger partial charge < -0.3 is 14.7 Å². The molecule has 0 radical (unpaired) electrons. The third-order valence-corrected chi connectivity index (χ3v) is 4.01. The van der Waals surface area contributed by atoms with Gasteiger partial charge in [0.05, 0.1) is 7.11 Å². The lowest BCUT2D eigenvalue weighted by Crippen LogP contribution is -2.40. The normalized spacial score (nSPS) is 19.3. The summed E-state index contributed by atoms with van der Waals surface area (Å²) in [6.45, 7) is 2.50.